The first-order valence-corrected chi connectivity index (χ1v) is 10.6. The normalized spacial score (nSPS) is 19.5. The van der Waals surface area contributed by atoms with Crippen LogP contribution in [-0.4, -0.2) is 45.2 Å². The summed E-state index contributed by atoms with van der Waals surface area (Å²) in [7, 11) is 0. The molecule has 3 aromatic rings. The van der Waals surface area contributed by atoms with Gasteiger partial charge in [-0.15, -0.1) is 0 Å². The van der Waals surface area contributed by atoms with Gasteiger partial charge in [-0.3, -0.25) is 19.5 Å². The van der Waals surface area contributed by atoms with Crippen molar-refractivity contribution in [2.24, 2.45) is 11.0 Å². The molecule has 2 aliphatic rings. The topological polar surface area (TPSA) is 93.4 Å². The number of hydrogen-bond acceptors (Lipinski definition) is 6. The molecule has 3 aromatic carbocycles. The van der Waals surface area contributed by atoms with E-state index in [0.29, 0.717) is 12.1 Å². The molecule has 0 saturated carbocycles. The van der Waals surface area contributed by atoms with Crippen LogP contribution < -0.4 is 5.01 Å². The van der Waals surface area contributed by atoms with E-state index >= 15 is 0 Å². The molecule has 0 radical (unpaired) electrons. The largest absolute Gasteiger partial charge is 0.508 e. The maximum Gasteiger partial charge on any atom is 0.255 e. The van der Waals surface area contributed by atoms with Gasteiger partial charge in [-0.2, -0.15) is 5.10 Å². The number of benzene rings is 3. The molecule has 9 heteroatoms. The van der Waals surface area contributed by atoms with Crippen LogP contribution in [0.15, 0.2) is 71.8 Å². The summed E-state index contributed by atoms with van der Waals surface area (Å²) in [5, 5.41) is 25.9. The number of phenolic OH excluding ortho intramolecular Hbond substituents is 2. The second-order valence-electron chi connectivity index (χ2n) is 8.13. The number of hydrazone groups is 1. The van der Waals surface area contributed by atoms with E-state index in [0.717, 1.165) is 16.5 Å². The highest BCUT2D eigenvalue weighted by Crippen LogP contribution is 2.39. The highest BCUT2D eigenvalue weighted by molar-refractivity contribution is 6.26. The van der Waals surface area contributed by atoms with Gasteiger partial charge in [0.1, 0.15) is 35.1 Å². The lowest BCUT2D eigenvalue weighted by Crippen LogP contribution is -2.39. The molecule has 0 aromatic heterocycles. The predicted octanol–water partition coefficient (Wildman–Crippen LogP) is 3.20. The molecule has 2 aliphatic heterocycles. The number of carbonyl (C=O) groups excluding carboxylic acids is 2. The van der Waals surface area contributed by atoms with Crippen molar-refractivity contribution >= 4 is 23.2 Å². The highest BCUT2D eigenvalue weighted by atomic mass is 19.1. The zero-order valence-corrected chi connectivity index (χ0v) is 17.7. The summed E-state index contributed by atoms with van der Waals surface area (Å²) in [4.78, 5) is 27.9. The smallest absolute Gasteiger partial charge is 0.255 e. The second-order valence-corrected chi connectivity index (χ2v) is 8.13. The standard InChI is InChI=1S/C25H19F2N3O4/c26-15-3-1-14(2-4-15)11-12-29-24(33)21-22(19-10-9-18(31)13-20(19)32)28-30(23(21)25(29)34)17-7-5-16(27)6-8-17/h1-10,13,21,23,31-32H,11-12H2. The SMILES string of the molecule is O=C1C2C(c3ccc(O)cc3O)=NN(c3ccc(F)cc3)C2C(=O)N1CCc1ccc(F)cc1. The molecule has 34 heavy (non-hydrogen) atoms. The predicted molar refractivity (Wildman–Crippen MR) is 119 cm³/mol. The molecule has 2 amide bonds. The van der Waals surface area contributed by atoms with Crippen molar-refractivity contribution in [2.45, 2.75) is 12.5 Å². The Kier molecular flexibility index (Phi) is 5.24. The Bertz CT molecular complexity index is 1310. The van der Waals surface area contributed by atoms with Gasteiger partial charge >= 0.3 is 0 Å². The molecule has 7 nitrogen and oxygen atoms in total. The lowest BCUT2D eigenvalue weighted by molar-refractivity contribution is -0.139. The van der Waals surface area contributed by atoms with Gasteiger partial charge in [0.2, 0.25) is 5.91 Å². The van der Waals surface area contributed by atoms with Crippen molar-refractivity contribution < 1.29 is 28.6 Å². The van der Waals surface area contributed by atoms with E-state index in [2.05, 4.69) is 5.10 Å². The summed E-state index contributed by atoms with van der Waals surface area (Å²) in [5.74, 6) is -3.25. The minimum absolute atomic E-state index is 0.0857. The molecule has 0 bridgehead atoms. The highest BCUT2D eigenvalue weighted by Gasteiger charge is 2.57. The molecule has 172 valence electrons. The van der Waals surface area contributed by atoms with Crippen molar-refractivity contribution in [2.75, 3.05) is 11.6 Å². The van der Waals surface area contributed by atoms with Crippen LogP contribution in [0.25, 0.3) is 0 Å². The maximum absolute atomic E-state index is 13.5. The molecule has 1 fully saturated rings. The van der Waals surface area contributed by atoms with Gasteiger partial charge in [0.25, 0.3) is 5.91 Å². The first-order valence-electron chi connectivity index (χ1n) is 10.6. The van der Waals surface area contributed by atoms with E-state index in [1.165, 1.54) is 53.5 Å². The third-order valence-electron chi connectivity index (χ3n) is 6.03. The molecule has 2 N–H and O–H groups in total. The number of likely N-dealkylation sites (tertiary alicyclic amines) is 1. The molecule has 0 aliphatic carbocycles. The monoisotopic (exact) mass is 463 g/mol. The summed E-state index contributed by atoms with van der Waals surface area (Å²) in [6.07, 6.45) is 0.338. The van der Waals surface area contributed by atoms with Crippen molar-refractivity contribution in [1.29, 1.82) is 0 Å². The van der Waals surface area contributed by atoms with Crippen molar-refractivity contribution in [3.63, 3.8) is 0 Å². The van der Waals surface area contributed by atoms with E-state index in [1.54, 1.807) is 12.1 Å². The second kappa shape index (κ2) is 8.26. The number of hydrogen-bond donors (Lipinski definition) is 2. The maximum atomic E-state index is 13.5. The molecular weight excluding hydrogens is 444 g/mol. The number of anilines is 1. The number of aromatic hydroxyl groups is 2. The molecule has 1 saturated heterocycles. The van der Waals surface area contributed by atoms with E-state index in [9.17, 15) is 28.6 Å². The summed E-state index contributed by atoms with van der Waals surface area (Å²) in [6.45, 7) is 0.0857. The number of halogens is 2. The minimum atomic E-state index is -1.01. The Morgan fingerprint density at radius 3 is 2.15 bits per heavy atom. The number of phenols is 2. The molecule has 2 heterocycles. The van der Waals surface area contributed by atoms with E-state index in [4.69, 9.17) is 0 Å². The number of fused-ring (bicyclic) bond motifs is 1. The zero-order chi connectivity index (χ0) is 24.0. The van der Waals surface area contributed by atoms with Crippen molar-refractivity contribution in [3.8, 4) is 11.5 Å². The molecule has 2 unspecified atom stereocenters. The van der Waals surface area contributed by atoms with Gasteiger partial charge in [0.05, 0.1) is 11.4 Å². The van der Waals surface area contributed by atoms with Crippen LogP contribution >= 0.6 is 0 Å². The summed E-state index contributed by atoms with van der Waals surface area (Å²) in [6, 6.07) is 14.1. The fourth-order valence-electron chi connectivity index (χ4n) is 4.35. The van der Waals surface area contributed by atoms with Crippen molar-refractivity contribution in [1.82, 2.24) is 4.90 Å². The number of carbonyl (C=O) groups is 2. The van der Waals surface area contributed by atoms with E-state index < -0.39 is 29.6 Å². The van der Waals surface area contributed by atoms with Crippen LogP contribution in [0.1, 0.15) is 11.1 Å². The molecule has 5 rings (SSSR count). The summed E-state index contributed by atoms with van der Waals surface area (Å²) >= 11 is 0. The molecule has 0 spiro atoms. The van der Waals surface area contributed by atoms with Gasteiger partial charge in [0.15, 0.2) is 0 Å². The number of imide groups is 1. The van der Waals surface area contributed by atoms with Gasteiger partial charge in [-0.1, -0.05) is 12.1 Å². The van der Waals surface area contributed by atoms with Crippen LogP contribution in [0.2, 0.25) is 0 Å². The van der Waals surface area contributed by atoms with Crippen LogP contribution in [0, 0.1) is 17.6 Å². The third kappa shape index (κ3) is 3.64. The average Bonchev–Trinajstić information content (AvgIpc) is 3.31. The first kappa shape index (κ1) is 21.6. The van der Waals surface area contributed by atoms with Gasteiger partial charge < -0.3 is 10.2 Å². The number of amides is 2. The van der Waals surface area contributed by atoms with Crippen LogP contribution in [0.3, 0.4) is 0 Å². The zero-order valence-electron chi connectivity index (χ0n) is 17.7. The Morgan fingerprint density at radius 1 is 0.853 bits per heavy atom. The fraction of sp³-hybridized carbons (Fsp3) is 0.160. The summed E-state index contributed by atoms with van der Waals surface area (Å²) in [5.41, 5.74) is 1.55. The van der Waals surface area contributed by atoms with E-state index in [1.807, 2.05) is 0 Å². The number of nitrogens with zero attached hydrogens (tertiary/aromatic N) is 3. The Morgan fingerprint density at radius 2 is 1.50 bits per heavy atom. The van der Waals surface area contributed by atoms with Gasteiger partial charge in [-0.05, 0) is 60.5 Å². The van der Waals surface area contributed by atoms with Crippen LogP contribution in [0.4, 0.5) is 14.5 Å². The number of rotatable bonds is 5. The van der Waals surface area contributed by atoms with Gasteiger partial charge in [-0.25, -0.2) is 8.78 Å². The lowest BCUT2D eigenvalue weighted by Gasteiger charge is -2.22. The quantitative estimate of drug-likeness (QED) is 0.567. The lowest BCUT2D eigenvalue weighted by atomic mass is 9.92. The molecular formula is C25H19F2N3O4. The van der Waals surface area contributed by atoms with E-state index in [-0.39, 0.29) is 35.1 Å². The minimum Gasteiger partial charge on any atom is -0.508 e. The molecule has 2 atom stereocenters. The van der Waals surface area contributed by atoms with Crippen molar-refractivity contribution in [3.05, 3.63) is 89.5 Å². The Balaban J connectivity index is 1.51. The Labute approximate surface area is 193 Å². The van der Waals surface area contributed by atoms with Gasteiger partial charge in [0, 0.05) is 18.2 Å². The van der Waals surface area contributed by atoms with Crippen LogP contribution in [-0.2, 0) is 16.0 Å². The fourth-order valence-corrected chi connectivity index (χ4v) is 4.35. The Hall–Kier alpha value is -4.27. The average molecular weight is 463 g/mol. The van der Waals surface area contributed by atoms with Crippen LogP contribution in [0.5, 0.6) is 11.5 Å². The summed E-state index contributed by atoms with van der Waals surface area (Å²) < 4.78 is 26.7. The third-order valence-corrected chi connectivity index (χ3v) is 6.03. The first-order chi connectivity index (χ1) is 16.3.